The van der Waals surface area contributed by atoms with Gasteiger partial charge in [-0.05, 0) is 13.8 Å². The molecule has 0 spiro atoms. The third-order valence-corrected chi connectivity index (χ3v) is 2.34. The fraction of sp³-hybridized carbons (Fsp3) is 1.00. The van der Waals surface area contributed by atoms with Crippen LogP contribution in [-0.4, -0.2) is 42.3 Å². The van der Waals surface area contributed by atoms with Crippen LogP contribution >= 0.6 is 0 Å². The summed E-state index contributed by atoms with van der Waals surface area (Å²) in [5, 5.41) is 2.23. The van der Waals surface area contributed by atoms with Crippen LogP contribution in [0.3, 0.4) is 0 Å². The normalized spacial score (nSPS) is 41.4. The van der Waals surface area contributed by atoms with Gasteiger partial charge in [-0.2, -0.15) is 0 Å². The van der Waals surface area contributed by atoms with Gasteiger partial charge in [0.2, 0.25) is 0 Å². The molecule has 3 heteroatoms. The Hall–Kier alpha value is -0.150. The predicted molar refractivity (Wildman–Crippen MR) is 53.7 cm³/mol. The topological polar surface area (TPSA) is 15.3 Å². The Morgan fingerprint density at radius 1 is 1.54 bits per heavy atom. The van der Waals surface area contributed by atoms with Crippen molar-refractivity contribution in [1.29, 1.82) is 0 Å². The van der Waals surface area contributed by atoms with E-state index in [-0.39, 0.29) is 19.1 Å². The lowest BCUT2D eigenvalue weighted by Crippen LogP contribution is -2.41. The summed E-state index contributed by atoms with van der Waals surface area (Å²) >= 11 is 0. The summed E-state index contributed by atoms with van der Waals surface area (Å²) in [4.78, 5) is 1.78. The summed E-state index contributed by atoms with van der Waals surface area (Å²) in [6.07, 6.45) is -1.40. The molecule has 1 saturated heterocycles. The summed E-state index contributed by atoms with van der Waals surface area (Å²) in [7, 11) is 0. The Morgan fingerprint density at radius 3 is 2.69 bits per heavy atom. The summed E-state index contributed by atoms with van der Waals surface area (Å²) in [6, 6.07) is -3.78. The highest BCUT2D eigenvalue weighted by molar-refractivity contribution is 4.91. The molecule has 0 aromatic heterocycles. The van der Waals surface area contributed by atoms with Gasteiger partial charge in [0, 0.05) is 34.7 Å². The van der Waals surface area contributed by atoms with Gasteiger partial charge in [0.15, 0.2) is 0 Å². The lowest BCUT2D eigenvalue weighted by molar-refractivity contribution is 0.245. The molecule has 0 saturated carbocycles. The van der Waals surface area contributed by atoms with Crippen LogP contribution in [0.5, 0.6) is 0 Å². The van der Waals surface area contributed by atoms with Crippen molar-refractivity contribution >= 4 is 0 Å². The number of rotatable bonds is 3. The highest BCUT2D eigenvalue weighted by Crippen LogP contribution is 2.16. The molecule has 13 heavy (non-hydrogen) atoms. The first-order valence-electron chi connectivity index (χ1n) is 7.95. The second-order valence-electron chi connectivity index (χ2n) is 3.69. The standard InChI is InChI=1S/C10H21FN2/c1-7(2)12-10-6-13(8(3)4)5-9(10)11/h7-10,12H,5-6H2,1-4H3/i1D3,2D3,7D. The van der Waals surface area contributed by atoms with E-state index in [0.717, 1.165) is 0 Å². The van der Waals surface area contributed by atoms with Crippen molar-refractivity contribution in [2.45, 2.75) is 51.8 Å². The van der Waals surface area contributed by atoms with Crippen molar-refractivity contribution in [2.24, 2.45) is 0 Å². The molecule has 1 heterocycles. The van der Waals surface area contributed by atoms with Crippen LogP contribution in [-0.2, 0) is 0 Å². The van der Waals surface area contributed by atoms with Crippen LogP contribution in [0.1, 0.15) is 37.1 Å². The maximum absolute atomic E-state index is 14.0. The zero-order valence-corrected chi connectivity index (χ0v) is 7.97. The van der Waals surface area contributed by atoms with Gasteiger partial charge in [0.05, 0.1) is 6.04 Å². The van der Waals surface area contributed by atoms with Gasteiger partial charge in [-0.25, -0.2) is 4.39 Å². The van der Waals surface area contributed by atoms with E-state index in [4.69, 9.17) is 9.60 Å². The highest BCUT2D eigenvalue weighted by atomic mass is 19.1. The predicted octanol–water partition coefficient (Wildman–Crippen LogP) is 1.42. The molecule has 2 unspecified atom stereocenters. The minimum atomic E-state index is -3.08. The summed E-state index contributed by atoms with van der Waals surface area (Å²) < 4.78 is 65.5. The van der Waals surface area contributed by atoms with Crippen LogP contribution in [0, 0.1) is 0 Å². The fourth-order valence-electron chi connectivity index (χ4n) is 1.54. The summed E-state index contributed by atoms with van der Waals surface area (Å²) in [5.41, 5.74) is 0. The SMILES string of the molecule is [2H]C([2H])([2H])C([2H])(NC1CN(C(C)C)CC1F)C([2H])([2H])[2H]. The van der Waals surface area contributed by atoms with Gasteiger partial charge in [0.25, 0.3) is 0 Å². The van der Waals surface area contributed by atoms with Gasteiger partial charge in [-0.1, -0.05) is 13.7 Å². The van der Waals surface area contributed by atoms with Gasteiger partial charge >= 0.3 is 0 Å². The first-order valence-corrected chi connectivity index (χ1v) is 4.45. The molecule has 78 valence electrons. The smallest absolute Gasteiger partial charge is 0.129 e. The molecule has 0 radical (unpaired) electrons. The van der Waals surface area contributed by atoms with Crippen molar-refractivity contribution in [2.75, 3.05) is 13.1 Å². The van der Waals surface area contributed by atoms with Crippen LogP contribution in [0.4, 0.5) is 4.39 Å². The molecule has 1 fully saturated rings. The largest absolute Gasteiger partial charge is 0.308 e. The molecule has 2 atom stereocenters. The van der Waals surface area contributed by atoms with Crippen molar-refractivity contribution in [3.63, 3.8) is 0 Å². The van der Waals surface area contributed by atoms with Crippen LogP contribution in [0.25, 0.3) is 0 Å². The number of hydrogen-bond donors (Lipinski definition) is 1. The minimum Gasteiger partial charge on any atom is -0.308 e. The van der Waals surface area contributed by atoms with Crippen molar-refractivity contribution in [3.05, 3.63) is 0 Å². The summed E-state index contributed by atoms with van der Waals surface area (Å²) in [6.45, 7) is -2.13. The van der Waals surface area contributed by atoms with Gasteiger partial charge in [0.1, 0.15) is 6.17 Å². The van der Waals surface area contributed by atoms with E-state index >= 15 is 0 Å². The average Bonchev–Trinajstić information content (AvgIpc) is 2.57. The Balaban J connectivity index is 2.93. The average molecular weight is 195 g/mol. The molecule has 2 nitrogen and oxygen atoms in total. The first-order chi connectivity index (χ1) is 8.79. The Bertz CT molecular complexity index is 327. The molecule has 0 amide bonds. The number of nitrogens with zero attached hydrogens (tertiary/aromatic N) is 1. The van der Waals surface area contributed by atoms with Gasteiger partial charge < -0.3 is 5.32 Å². The highest BCUT2D eigenvalue weighted by Gasteiger charge is 2.33. The van der Waals surface area contributed by atoms with E-state index < -0.39 is 31.9 Å². The van der Waals surface area contributed by atoms with E-state index in [1.54, 1.807) is 4.90 Å². The number of halogens is 1. The molecule has 1 aliphatic heterocycles. The molecular weight excluding hydrogens is 167 g/mol. The van der Waals surface area contributed by atoms with Crippen LogP contribution in [0.2, 0.25) is 0 Å². The number of hydrogen-bond acceptors (Lipinski definition) is 2. The second kappa shape index (κ2) is 4.38. The molecule has 0 aliphatic carbocycles. The van der Waals surface area contributed by atoms with E-state index in [0.29, 0.717) is 0 Å². The molecule has 1 N–H and O–H groups in total. The zero-order valence-electron chi connectivity index (χ0n) is 15.0. The van der Waals surface area contributed by atoms with Crippen molar-refractivity contribution < 1.29 is 14.0 Å². The van der Waals surface area contributed by atoms with Crippen molar-refractivity contribution in [1.82, 2.24) is 10.2 Å². The number of likely N-dealkylation sites (tertiary alicyclic amines) is 1. The molecule has 0 aromatic carbocycles. The fourth-order valence-corrected chi connectivity index (χ4v) is 1.54. The minimum absolute atomic E-state index is 0.0701. The van der Waals surface area contributed by atoms with E-state index in [1.165, 1.54) is 0 Å². The molecule has 0 aromatic rings. The molecule has 1 aliphatic rings. The second-order valence-corrected chi connectivity index (χ2v) is 3.69. The lowest BCUT2D eigenvalue weighted by atomic mass is 10.2. The van der Waals surface area contributed by atoms with Crippen LogP contribution < -0.4 is 5.32 Å². The molecule has 1 rings (SSSR count). The van der Waals surface area contributed by atoms with E-state index in [2.05, 4.69) is 5.32 Å². The van der Waals surface area contributed by atoms with Crippen LogP contribution in [0.15, 0.2) is 0 Å². The number of alkyl halides is 1. The maximum atomic E-state index is 14.0. The zero-order chi connectivity index (χ0) is 15.9. The Morgan fingerprint density at radius 2 is 2.23 bits per heavy atom. The quantitative estimate of drug-likeness (QED) is 0.732. The molecular formula is C10H21FN2. The third-order valence-electron chi connectivity index (χ3n) is 2.34. The summed E-state index contributed by atoms with van der Waals surface area (Å²) in [5.74, 6) is 0. The van der Waals surface area contributed by atoms with Gasteiger partial charge in [-0.15, -0.1) is 0 Å². The third kappa shape index (κ3) is 2.92. The van der Waals surface area contributed by atoms with E-state index in [9.17, 15) is 4.39 Å². The monoisotopic (exact) mass is 195 g/mol. The number of nitrogens with one attached hydrogen (secondary N) is 1. The van der Waals surface area contributed by atoms with Crippen molar-refractivity contribution in [3.8, 4) is 0 Å². The Labute approximate surface area is 90.3 Å². The maximum Gasteiger partial charge on any atom is 0.129 e. The van der Waals surface area contributed by atoms with Gasteiger partial charge in [-0.3, -0.25) is 4.90 Å². The first kappa shape index (κ1) is 4.58. The lowest BCUT2D eigenvalue weighted by Gasteiger charge is -2.20. The Kier molecular flexibility index (Phi) is 1.54. The van der Waals surface area contributed by atoms with E-state index in [1.807, 2.05) is 13.8 Å². The molecule has 0 bridgehead atoms.